The van der Waals surface area contributed by atoms with Gasteiger partial charge in [-0.2, -0.15) is 0 Å². The summed E-state index contributed by atoms with van der Waals surface area (Å²) < 4.78 is 0. The van der Waals surface area contributed by atoms with Crippen LogP contribution in [0.5, 0.6) is 0 Å². The minimum atomic E-state index is 1.17. The third kappa shape index (κ3) is 1.97. The molecule has 4 rings (SSSR count). The van der Waals surface area contributed by atoms with Crippen molar-refractivity contribution in [2.45, 2.75) is 52.4 Å². The first kappa shape index (κ1) is 13.8. The van der Waals surface area contributed by atoms with E-state index in [1.807, 2.05) is 0 Å². The third-order valence-corrected chi connectivity index (χ3v) is 5.59. The van der Waals surface area contributed by atoms with E-state index >= 15 is 0 Å². The maximum Gasteiger partial charge on any atom is -0.0146 e. The van der Waals surface area contributed by atoms with Crippen molar-refractivity contribution in [2.75, 3.05) is 0 Å². The van der Waals surface area contributed by atoms with Gasteiger partial charge in [-0.25, -0.2) is 0 Å². The molecule has 0 spiro atoms. The molecular weight excluding hydrogens is 264 g/mol. The van der Waals surface area contributed by atoms with E-state index in [2.05, 4.69) is 50.2 Å². The summed E-state index contributed by atoms with van der Waals surface area (Å²) in [7, 11) is 0. The van der Waals surface area contributed by atoms with Gasteiger partial charge < -0.3 is 0 Å². The number of hydrogen-bond acceptors (Lipinski definition) is 0. The fourth-order valence-electron chi connectivity index (χ4n) is 4.51. The summed E-state index contributed by atoms with van der Waals surface area (Å²) >= 11 is 0. The maximum atomic E-state index is 2.41. The SMILES string of the molecule is CCC1=C(CC)c2ccc3c(c2CC1)CCc1ccccc1-3. The summed E-state index contributed by atoms with van der Waals surface area (Å²) in [5.41, 5.74) is 12.6. The first-order chi connectivity index (χ1) is 10.8. The number of rotatable bonds is 2. The van der Waals surface area contributed by atoms with E-state index in [0.717, 1.165) is 0 Å². The summed E-state index contributed by atoms with van der Waals surface area (Å²) in [6, 6.07) is 13.7. The lowest BCUT2D eigenvalue weighted by Gasteiger charge is -2.29. The lowest BCUT2D eigenvalue weighted by Crippen LogP contribution is -2.13. The van der Waals surface area contributed by atoms with Crippen LogP contribution < -0.4 is 0 Å². The summed E-state index contributed by atoms with van der Waals surface area (Å²) in [5.74, 6) is 0. The molecule has 2 aliphatic carbocycles. The molecule has 0 fully saturated rings. The van der Waals surface area contributed by atoms with E-state index in [9.17, 15) is 0 Å². The smallest absolute Gasteiger partial charge is 0.0146 e. The Morgan fingerprint density at radius 3 is 2.23 bits per heavy atom. The van der Waals surface area contributed by atoms with Gasteiger partial charge in [0.15, 0.2) is 0 Å². The van der Waals surface area contributed by atoms with Crippen LogP contribution in [0.4, 0.5) is 0 Å². The van der Waals surface area contributed by atoms with Gasteiger partial charge in [-0.3, -0.25) is 0 Å². The van der Waals surface area contributed by atoms with E-state index < -0.39 is 0 Å². The lowest BCUT2D eigenvalue weighted by molar-refractivity contribution is 0.827. The van der Waals surface area contributed by atoms with Crippen LogP contribution >= 0.6 is 0 Å². The zero-order chi connectivity index (χ0) is 15.1. The normalized spacial score (nSPS) is 16.1. The Bertz CT molecular complexity index is 762. The standard InChI is InChI=1S/C22H24/c1-3-15-9-11-21-19(17(15)4-2)13-14-20-18-8-6-5-7-16(18)10-12-22(20)21/h5-8,13-14H,3-4,9-12H2,1-2H3. The average molecular weight is 288 g/mol. The van der Waals surface area contributed by atoms with Crippen LogP contribution in [0.3, 0.4) is 0 Å². The third-order valence-electron chi connectivity index (χ3n) is 5.59. The van der Waals surface area contributed by atoms with Gasteiger partial charge in [-0.1, -0.05) is 55.8 Å². The summed E-state index contributed by atoms with van der Waals surface area (Å²) in [6.45, 7) is 4.62. The molecule has 0 aromatic heterocycles. The highest BCUT2D eigenvalue weighted by molar-refractivity contribution is 5.81. The Morgan fingerprint density at radius 1 is 0.682 bits per heavy atom. The molecule has 0 heteroatoms. The zero-order valence-electron chi connectivity index (χ0n) is 13.7. The van der Waals surface area contributed by atoms with Crippen molar-refractivity contribution in [1.82, 2.24) is 0 Å². The van der Waals surface area contributed by atoms with Crippen molar-refractivity contribution in [2.24, 2.45) is 0 Å². The second-order valence-corrected chi connectivity index (χ2v) is 6.56. The highest BCUT2D eigenvalue weighted by Crippen LogP contribution is 2.42. The van der Waals surface area contributed by atoms with Crippen molar-refractivity contribution < 1.29 is 0 Å². The Hall–Kier alpha value is -1.82. The van der Waals surface area contributed by atoms with Crippen LogP contribution in [0.1, 0.15) is 55.4 Å². The Morgan fingerprint density at radius 2 is 1.41 bits per heavy atom. The molecule has 0 bridgehead atoms. The first-order valence-electron chi connectivity index (χ1n) is 8.77. The molecule has 2 aliphatic rings. The van der Waals surface area contributed by atoms with Gasteiger partial charge in [-0.15, -0.1) is 0 Å². The molecular formula is C22H24. The molecule has 2 aromatic carbocycles. The number of fused-ring (bicyclic) bond motifs is 5. The zero-order valence-corrected chi connectivity index (χ0v) is 13.7. The Kier molecular flexibility index (Phi) is 3.41. The van der Waals surface area contributed by atoms with Gasteiger partial charge in [0.2, 0.25) is 0 Å². The highest BCUT2D eigenvalue weighted by atomic mass is 14.3. The number of aryl methyl sites for hydroxylation is 1. The molecule has 22 heavy (non-hydrogen) atoms. The maximum absolute atomic E-state index is 2.41. The average Bonchev–Trinajstić information content (AvgIpc) is 2.59. The van der Waals surface area contributed by atoms with Gasteiger partial charge >= 0.3 is 0 Å². The van der Waals surface area contributed by atoms with Crippen LogP contribution in [0.25, 0.3) is 16.7 Å². The van der Waals surface area contributed by atoms with E-state index in [0.29, 0.717) is 0 Å². The molecule has 0 heterocycles. The van der Waals surface area contributed by atoms with E-state index in [4.69, 9.17) is 0 Å². The van der Waals surface area contributed by atoms with E-state index in [1.54, 1.807) is 27.8 Å². The van der Waals surface area contributed by atoms with Gasteiger partial charge in [0.05, 0.1) is 0 Å². The van der Waals surface area contributed by atoms with Crippen molar-refractivity contribution in [3.63, 3.8) is 0 Å². The van der Waals surface area contributed by atoms with Crippen LogP contribution in [-0.4, -0.2) is 0 Å². The quantitative estimate of drug-likeness (QED) is 0.638. The van der Waals surface area contributed by atoms with E-state index in [-0.39, 0.29) is 0 Å². The van der Waals surface area contributed by atoms with Crippen LogP contribution in [0.15, 0.2) is 42.0 Å². The van der Waals surface area contributed by atoms with Crippen LogP contribution in [-0.2, 0) is 19.3 Å². The minimum Gasteiger partial charge on any atom is -0.0664 e. The van der Waals surface area contributed by atoms with Gasteiger partial charge in [0, 0.05) is 0 Å². The number of hydrogen-bond donors (Lipinski definition) is 0. The molecule has 2 aromatic rings. The second kappa shape index (κ2) is 5.43. The Labute approximate surface area is 133 Å². The van der Waals surface area contributed by atoms with Gasteiger partial charge in [0.25, 0.3) is 0 Å². The molecule has 0 radical (unpaired) electrons. The summed E-state index contributed by atoms with van der Waals surface area (Å²) in [5, 5.41) is 0. The predicted octanol–water partition coefficient (Wildman–Crippen LogP) is 5.97. The van der Waals surface area contributed by atoms with E-state index in [1.165, 1.54) is 55.2 Å². The molecule has 0 saturated carbocycles. The predicted molar refractivity (Wildman–Crippen MR) is 95.1 cm³/mol. The summed E-state index contributed by atoms with van der Waals surface area (Å²) in [4.78, 5) is 0. The molecule has 0 aliphatic heterocycles. The fraction of sp³-hybridized carbons (Fsp3) is 0.364. The fourth-order valence-corrected chi connectivity index (χ4v) is 4.51. The minimum absolute atomic E-state index is 1.17. The molecule has 0 N–H and O–H groups in total. The lowest BCUT2D eigenvalue weighted by atomic mass is 9.75. The van der Waals surface area contributed by atoms with Gasteiger partial charge in [0.1, 0.15) is 0 Å². The van der Waals surface area contributed by atoms with Crippen molar-refractivity contribution in [1.29, 1.82) is 0 Å². The largest absolute Gasteiger partial charge is 0.0664 e. The Balaban J connectivity index is 1.92. The molecule has 0 amide bonds. The van der Waals surface area contributed by atoms with Crippen LogP contribution in [0.2, 0.25) is 0 Å². The molecule has 0 unspecified atom stereocenters. The second-order valence-electron chi connectivity index (χ2n) is 6.56. The molecule has 0 atom stereocenters. The topological polar surface area (TPSA) is 0 Å². The number of benzene rings is 2. The molecule has 112 valence electrons. The highest BCUT2D eigenvalue weighted by Gasteiger charge is 2.24. The van der Waals surface area contributed by atoms with Crippen molar-refractivity contribution in [3.05, 3.63) is 64.2 Å². The number of allylic oxidation sites excluding steroid dienone is 2. The van der Waals surface area contributed by atoms with Crippen LogP contribution in [0, 0.1) is 0 Å². The van der Waals surface area contributed by atoms with Crippen molar-refractivity contribution >= 4 is 5.57 Å². The molecule has 0 nitrogen and oxygen atoms in total. The van der Waals surface area contributed by atoms with Gasteiger partial charge in [-0.05, 0) is 77.5 Å². The molecule has 0 saturated heterocycles. The summed E-state index contributed by atoms with van der Waals surface area (Å²) in [6.07, 6.45) is 7.31. The monoisotopic (exact) mass is 288 g/mol. The first-order valence-corrected chi connectivity index (χ1v) is 8.77. The van der Waals surface area contributed by atoms with Crippen molar-refractivity contribution in [3.8, 4) is 11.1 Å².